The average Bonchev–Trinajstić information content (AvgIpc) is 3.16. The van der Waals surface area contributed by atoms with E-state index in [4.69, 9.17) is 0 Å². The topological polar surface area (TPSA) is 0 Å². The van der Waals surface area contributed by atoms with Gasteiger partial charge in [-0.1, -0.05) is 48.5 Å². The molecular weight excluding hydrogens is 249 g/mol. The van der Waals surface area contributed by atoms with Gasteiger partial charge in [-0.05, 0) is 11.1 Å². The van der Waals surface area contributed by atoms with Crippen molar-refractivity contribution in [1.29, 1.82) is 0 Å². The number of hydrogen-bond donors (Lipinski definition) is 0. The first kappa shape index (κ1) is 10.6. The zero-order valence-electron chi connectivity index (χ0n) is 11.2. The quantitative estimate of drug-likeness (QED) is 0.621. The molecule has 2 atom stereocenters. The summed E-state index contributed by atoms with van der Waals surface area (Å²) in [6, 6.07) is 18.9. The minimum atomic E-state index is 0.0823. The molecule has 0 amide bonds. The average molecular weight is 266 g/mol. The Morgan fingerprint density at radius 2 is 1.16 bits per heavy atom. The smallest absolute Gasteiger partial charge is 0.142 e. The molecule has 19 heavy (non-hydrogen) atoms. The van der Waals surface area contributed by atoms with Crippen LogP contribution in [0.2, 0.25) is 0 Å². The van der Waals surface area contributed by atoms with Crippen molar-refractivity contribution in [2.75, 3.05) is 14.1 Å². The molecule has 1 nitrogen and oxygen atoms in total. The number of benzene rings is 2. The van der Waals surface area contributed by atoms with Crippen LogP contribution in [0, 0.1) is 0 Å². The van der Waals surface area contributed by atoms with Crippen LogP contribution in [0.15, 0.2) is 48.5 Å². The van der Waals surface area contributed by atoms with Gasteiger partial charge in [-0.3, -0.25) is 0 Å². The Hall–Kier alpha value is -1.17. The van der Waals surface area contributed by atoms with E-state index in [-0.39, 0.29) is 8.07 Å². The zero-order chi connectivity index (χ0) is 12.8. The maximum absolute atomic E-state index is 2.45. The predicted octanol–water partition coefficient (Wildman–Crippen LogP) is 4.37. The van der Waals surface area contributed by atoms with Crippen molar-refractivity contribution in [2.45, 2.75) is 17.4 Å². The first-order valence-corrected chi connectivity index (χ1v) is 8.44. The normalized spacial score (nSPS) is 35.3. The van der Waals surface area contributed by atoms with Crippen LogP contribution in [0.5, 0.6) is 0 Å². The molecular formula is C17H17NP+. The molecule has 0 aliphatic carbocycles. The largest absolute Gasteiger partial charge is 0.304 e. The van der Waals surface area contributed by atoms with Gasteiger partial charge in [-0.25, -0.2) is 0 Å². The number of hydrogen-bond acceptors (Lipinski definition) is 0. The van der Waals surface area contributed by atoms with Gasteiger partial charge in [0, 0.05) is 11.1 Å². The van der Waals surface area contributed by atoms with Gasteiger partial charge in [0.2, 0.25) is 0 Å². The third-order valence-electron chi connectivity index (χ3n) is 5.22. The molecule has 2 heteroatoms. The molecule has 1 fully saturated rings. The molecule has 0 aromatic heterocycles. The summed E-state index contributed by atoms with van der Waals surface area (Å²) in [6.45, 7) is 0. The lowest BCUT2D eigenvalue weighted by Crippen LogP contribution is -2.40. The molecule has 94 valence electrons. The Morgan fingerprint density at radius 1 is 0.737 bits per heavy atom. The molecule has 0 saturated carbocycles. The Labute approximate surface area is 115 Å². The molecule has 3 aliphatic rings. The van der Waals surface area contributed by atoms with Gasteiger partial charge < -0.3 is 4.25 Å². The maximum Gasteiger partial charge on any atom is 0.142 e. The van der Waals surface area contributed by atoms with Crippen LogP contribution in [0.25, 0.3) is 0 Å². The van der Waals surface area contributed by atoms with Gasteiger partial charge in [-0.15, -0.1) is 0 Å². The van der Waals surface area contributed by atoms with Crippen LogP contribution < -0.4 is 0 Å². The summed E-state index contributed by atoms with van der Waals surface area (Å²) in [4.78, 5) is 0. The van der Waals surface area contributed by atoms with Crippen LogP contribution in [0.1, 0.15) is 39.6 Å². The van der Waals surface area contributed by atoms with E-state index in [1.807, 2.05) is 0 Å². The molecule has 5 rings (SSSR count). The highest BCUT2D eigenvalue weighted by Gasteiger charge is 2.71. The second kappa shape index (κ2) is 3.11. The predicted molar refractivity (Wildman–Crippen MR) is 79.2 cm³/mol. The lowest BCUT2D eigenvalue weighted by molar-refractivity contribution is -0.792. The lowest BCUT2D eigenvalue weighted by atomic mass is 9.93. The van der Waals surface area contributed by atoms with Gasteiger partial charge in [-0.2, -0.15) is 0 Å². The minimum Gasteiger partial charge on any atom is -0.304 e. The summed E-state index contributed by atoms with van der Waals surface area (Å²) >= 11 is 0. The third kappa shape index (κ3) is 1.07. The van der Waals surface area contributed by atoms with Crippen molar-refractivity contribution in [3.05, 3.63) is 70.8 Å². The van der Waals surface area contributed by atoms with Gasteiger partial charge in [0.05, 0.1) is 25.4 Å². The fourth-order valence-corrected chi connectivity index (χ4v) is 8.30. The highest BCUT2D eigenvalue weighted by atomic mass is 31.1. The molecule has 0 radical (unpaired) electrons. The SMILES string of the molecule is C[N+]1(C)C2c3ccccc3C3C(c4ccccc42)P31. The van der Waals surface area contributed by atoms with E-state index in [9.17, 15) is 0 Å². The van der Waals surface area contributed by atoms with E-state index in [1.54, 1.807) is 22.3 Å². The van der Waals surface area contributed by atoms with Crippen LogP contribution in [-0.4, -0.2) is 18.3 Å². The first-order valence-electron chi connectivity index (χ1n) is 7.01. The van der Waals surface area contributed by atoms with Gasteiger partial charge in [0.25, 0.3) is 0 Å². The van der Waals surface area contributed by atoms with Gasteiger partial charge in [0.1, 0.15) is 14.1 Å². The van der Waals surface area contributed by atoms with E-state index >= 15 is 0 Å². The Balaban J connectivity index is 1.90. The fourth-order valence-electron chi connectivity index (χ4n) is 4.53. The standard InChI is InChI=1S/C17H17NP/c1-18(2)15-11-7-3-5-9-13(11)16-17(19(16)18)14-10-6-4-8-12(14)15/h3-10,15-17H,1-2H3/q+1. The lowest BCUT2D eigenvalue weighted by Gasteiger charge is -2.44. The van der Waals surface area contributed by atoms with Gasteiger partial charge in [0.15, 0.2) is 0 Å². The first-order chi connectivity index (χ1) is 9.21. The van der Waals surface area contributed by atoms with Crippen LogP contribution in [0.3, 0.4) is 0 Å². The van der Waals surface area contributed by atoms with Crippen molar-refractivity contribution in [2.24, 2.45) is 0 Å². The van der Waals surface area contributed by atoms with Crippen LogP contribution >= 0.6 is 8.07 Å². The highest BCUT2D eigenvalue weighted by Crippen LogP contribution is 2.94. The zero-order valence-corrected chi connectivity index (χ0v) is 12.1. The maximum atomic E-state index is 2.45. The van der Waals surface area contributed by atoms with E-state index in [1.165, 1.54) is 4.25 Å². The second-order valence-electron chi connectivity index (χ2n) is 6.41. The summed E-state index contributed by atoms with van der Waals surface area (Å²) in [5.41, 5.74) is 8.11. The number of fused-ring (bicyclic) bond motifs is 8. The Bertz CT molecular complexity index is 652. The number of rotatable bonds is 0. The van der Waals surface area contributed by atoms with Crippen molar-refractivity contribution in [3.63, 3.8) is 0 Å². The summed E-state index contributed by atoms with van der Waals surface area (Å²) in [7, 11) is 4.99. The summed E-state index contributed by atoms with van der Waals surface area (Å²) in [5.74, 6) is 0. The molecule has 2 unspecified atom stereocenters. The van der Waals surface area contributed by atoms with Crippen LogP contribution in [-0.2, 0) is 0 Å². The number of nitrogens with zero attached hydrogens (tertiary/aromatic N) is 1. The van der Waals surface area contributed by atoms with Crippen molar-refractivity contribution in [1.82, 2.24) is 0 Å². The third-order valence-corrected chi connectivity index (χ3v) is 8.59. The van der Waals surface area contributed by atoms with E-state index in [0.717, 1.165) is 11.3 Å². The molecule has 2 aromatic rings. The van der Waals surface area contributed by atoms with E-state index in [0.29, 0.717) is 6.04 Å². The van der Waals surface area contributed by atoms with E-state index < -0.39 is 0 Å². The highest BCUT2D eigenvalue weighted by molar-refractivity contribution is 7.60. The fraction of sp³-hybridized carbons (Fsp3) is 0.294. The Morgan fingerprint density at radius 3 is 1.63 bits per heavy atom. The minimum absolute atomic E-state index is 0.0823. The monoisotopic (exact) mass is 266 g/mol. The molecule has 1 saturated heterocycles. The Kier molecular flexibility index (Phi) is 1.73. The van der Waals surface area contributed by atoms with Crippen molar-refractivity contribution >= 4 is 8.07 Å². The van der Waals surface area contributed by atoms with Crippen molar-refractivity contribution in [3.8, 4) is 0 Å². The molecule has 3 aliphatic heterocycles. The number of quaternary nitrogens is 1. The molecule has 0 N–H and O–H groups in total. The molecule has 2 aromatic carbocycles. The summed E-state index contributed by atoms with van der Waals surface area (Å²) < 4.78 is 1.21. The second-order valence-corrected chi connectivity index (χ2v) is 9.31. The van der Waals surface area contributed by atoms with Crippen LogP contribution in [0.4, 0.5) is 0 Å². The summed E-state index contributed by atoms with van der Waals surface area (Å²) in [6.07, 6.45) is 0. The van der Waals surface area contributed by atoms with E-state index in [2.05, 4.69) is 62.6 Å². The van der Waals surface area contributed by atoms with Gasteiger partial charge >= 0.3 is 0 Å². The molecule has 0 spiro atoms. The summed E-state index contributed by atoms with van der Waals surface area (Å²) in [5, 5.41) is 0. The molecule has 2 bridgehead atoms. The molecule has 3 heterocycles. The van der Waals surface area contributed by atoms with Crippen molar-refractivity contribution < 1.29 is 4.25 Å².